The monoisotopic (exact) mass is 412 g/mol. The third kappa shape index (κ3) is 3.78. The smallest absolute Gasteiger partial charge is 0.363 e. The maximum Gasteiger partial charge on any atom is 0.363 e. The van der Waals surface area contributed by atoms with Gasteiger partial charge in [-0.25, -0.2) is 14.2 Å². The number of cyclic esters (lactones) is 1. The van der Waals surface area contributed by atoms with Crippen LogP contribution in [0.4, 0.5) is 10.1 Å². The highest BCUT2D eigenvalue weighted by molar-refractivity contribution is 6.33. The normalized spacial score (nSPS) is 14.8. The lowest BCUT2D eigenvalue weighted by Crippen LogP contribution is -2.05. The molecule has 0 saturated heterocycles. The molecule has 4 rings (SSSR count). The van der Waals surface area contributed by atoms with E-state index < -0.39 is 16.7 Å². The summed E-state index contributed by atoms with van der Waals surface area (Å²) in [5, 5.41) is 11.0. The molecule has 9 heteroatoms. The van der Waals surface area contributed by atoms with E-state index in [4.69, 9.17) is 20.8 Å². The van der Waals surface area contributed by atoms with Crippen LogP contribution < -0.4 is 0 Å². The molecule has 0 N–H and O–H groups in total. The van der Waals surface area contributed by atoms with Crippen molar-refractivity contribution in [3.05, 3.63) is 92.6 Å². The standard InChI is InChI=1S/C20H10ClFN2O5/c21-16-9-13(24(26)27)5-7-15(16)18-8-6-14(28-18)10-17-20(25)29-19(23-17)11-1-3-12(22)4-2-11/h1-10H/b17-10-. The topological polar surface area (TPSA) is 94.9 Å². The number of nitro groups is 1. The molecular formula is C20H10ClFN2O5. The number of aliphatic imine (C=N–C) groups is 1. The zero-order chi connectivity index (χ0) is 20.5. The van der Waals surface area contributed by atoms with Crippen molar-refractivity contribution in [1.82, 2.24) is 0 Å². The molecule has 0 atom stereocenters. The number of esters is 1. The molecule has 0 bridgehead atoms. The minimum atomic E-state index is -0.671. The van der Waals surface area contributed by atoms with E-state index in [2.05, 4.69) is 4.99 Å². The molecule has 144 valence electrons. The fraction of sp³-hybridized carbons (Fsp3) is 0. The average Bonchev–Trinajstić information content (AvgIpc) is 3.29. The average molecular weight is 413 g/mol. The quantitative estimate of drug-likeness (QED) is 0.260. The molecule has 0 amide bonds. The largest absolute Gasteiger partial charge is 0.457 e. The van der Waals surface area contributed by atoms with Crippen LogP contribution in [0.2, 0.25) is 5.02 Å². The Labute approximate surface area is 167 Å². The molecule has 0 unspecified atom stereocenters. The van der Waals surface area contributed by atoms with Crippen LogP contribution in [-0.2, 0) is 9.53 Å². The van der Waals surface area contributed by atoms with E-state index in [1.54, 1.807) is 12.1 Å². The molecule has 0 aliphatic carbocycles. The van der Waals surface area contributed by atoms with Gasteiger partial charge in [0.05, 0.1) is 9.95 Å². The first-order valence-corrected chi connectivity index (χ1v) is 8.61. The molecule has 1 aliphatic heterocycles. The van der Waals surface area contributed by atoms with Gasteiger partial charge in [0.2, 0.25) is 5.90 Å². The van der Waals surface area contributed by atoms with Crippen LogP contribution in [0.3, 0.4) is 0 Å². The van der Waals surface area contributed by atoms with Crippen molar-refractivity contribution in [1.29, 1.82) is 0 Å². The van der Waals surface area contributed by atoms with Crippen molar-refractivity contribution >= 4 is 35.2 Å². The molecule has 3 aromatic rings. The SMILES string of the molecule is O=C1OC(c2ccc(F)cc2)=N/C1=C\c1ccc(-c2ccc([N+](=O)[O-])cc2Cl)o1. The zero-order valence-corrected chi connectivity index (χ0v) is 15.2. The minimum Gasteiger partial charge on any atom is -0.457 e. The van der Waals surface area contributed by atoms with Gasteiger partial charge >= 0.3 is 5.97 Å². The number of nitro benzene ring substituents is 1. The number of ether oxygens (including phenoxy) is 1. The van der Waals surface area contributed by atoms with E-state index in [1.165, 1.54) is 48.5 Å². The van der Waals surface area contributed by atoms with Gasteiger partial charge in [-0.1, -0.05) is 11.6 Å². The number of hydrogen-bond acceptors (Lipinski definition) is 6. The second-order valence-electron chi connectivity index (χ2n) is 5.97. The van der Waals surface area contributed by atoms with Crippen molar-refractivity contribution in [2.24, 2.45) is 4.99 Å². The first-order valence-electron chi connectivity index (χ1n) is 8.23. The molecule has 7 nitrogen and oxygen atoms in total. The molecule has 2 aromatic carbocycles. The van der Waals surface area contributed by atoms with Gasteiger partial charge in [0.15, 0.2) is 5.70 Å². The summed E-state index contributed by atoms with van der Waals surface area (Å²) < 4.78 is 23.8. The number of rotatable bonds is 4. The van der Waals surface area contributed by atoms with Crippen LogP contribution in [0.25, 0.3) is 17.4 Å². The van der Waals surface area contributed by atoms with Crippen LogP contribution in [-0.4, -0.2) is 16.8 Å². The first-order chi connectivity index (χ1) is 13.9. The van der Waals surface area contributed by atoms with Gasteiger partial charge in [0.1, 0.15) is 17.3 Å². The van der Waals surface area contributed by atoms with Crippen LogP contribution in [0.1, 0.15) is 11.3 Å². The van der Waals surface area contributed by atoms with E-state index >= 15 is 0 Å². The lowest BCUT2D eigenvalue weighted by atomic mass is 10.1. The van der Waals surface area contributed by atoms with Crippen LogP contribution in [0.15, 0.2) is 69.7 Å². The van der Waals surface area contributed by atoms with Crippen molar-refractivity contribution in [3.8, 4) is 11.3 Å². The summed E-state index contributed by atoms with van der Waals surface area (Å²) >= 11 is 6.11. The Morgan fingerprint density at radius 1 is 1.10 bits per heavy atom. The molecule has 0 fully saturated rings. The number of carbonyl (C=O) groups is 1. The Bertz CT molecular complexity index is 1200. The Kier molecular flexibility index (Phi) is 4.69. The van der Waals surface area contributed by atoms with Crippen molar-refractivity contribution in [2.75, 3.05) is 0 Å². The second kappa shape index (κ2) is 7.33. The van der Waals surface area contributed by atoms with Gasteiger partial charge in [-0.15, -0.1) is 0 Å². The van der Waals surface area contributed by atoms with E-state index in [0.29, 0.717) is 22.6 Å². The van der Waals surface area contributed by atoms with Crippen molar-refractivity contribution < 1.29 is 23.3 Å². The van der Waals surface area contributed by atoms with Crippen molar-refractivity contribution in [3.63, 3.8) is 0 Å². The fourth-order valence-corrected chi connectivity index (χ4v) is 2.92. The van der Waals surface area contributed by atoms with Gasteiger partial charge in [0.25, 0.3) is 5.69 Å². The third-order valence-electron chi connectivity index (χ3n) is 4.05. The van der Waals surface area contributed by atoms with Crippen LogP contribution >= 0.6 is 11.6 Å². The van der Waals surface area contributed by atoms with Crippen LogP contribution in [0, 0.1) is 15.9 Å². The molecule has 0 saturated carbocycles. The van der Waals surface area contributed by atoms with Gasteiger partial charge < -0.3 is 9.15 Å². The number of nitrogens with zero attached hydrogens (tertiary/aromatic N) is 2. The number of benzene rings is 2. The lowest BCUT2D eigenvalue weighted by molar-refractivity contribution is -0.384. The predicted octanol–water partition coefficient (Wildman–Crippen LogP) is 4.99. The number of non-ortho nitro benzene ring substituents is 1. The van der Waals surface area contributed by atoms with E-state index in [9.17, 15) is 19.3 Å². The molecule has 0 spiro atoms. The molecule has 0 radical (unpaired) electrons. The highest BCUT2D eigenvalue weighted by Crippen LogP contribution is 2.33. The Balaban J connectivity index is 1.61. The number of furan rings is 1. The molecule has 1 aromatic heterocycles. The van der Waals surface area contributed by atoms with E-state index in [-0.39, 0.29) is 22.3 Å². The lowest BCUT2D eigenvalue weighted by Gasteiger charge is -2.00. The molecule has 2 heterocycles. The maximum absolute atomic E-state index is 13.0. The summed E-state index contributed by atoms with van der Waals surface area (Å²) in [5.74, 6) is -0.346. The molecular weight excluding hydrogens is 403 g/mol. The van der Waals surface area contributed by atoms with Gasteiger partial charge in [-0.2, -0.15) is 0 Å². The predicted molar refractivity (Wildman–Crippen MR) is 103 cm³/mol. The summed E-state index contributed by atoms with van der Waals surface area (Å²) in [6.07, 6.45) is 1.39. The first kappa shape index (κ1) is 18.6. The third-order valence-corrected chi connectivity index (χ3v) is 4.36. The van der Waals surface area contributed by atoms with Gasteiger partial charge in [-0.3, -0.25) is 10.1 Å². The molecule has 29 heavy (non-hydrogen) atoms. The second-order valence-corrected chi connectivity index (χ2v) is 6.37. The highest BCUT2D eigenvalue weighted by atomic mass is 35.5. The minimum absolute atomic E-state index is 0.0139. The summed E-state index contributed by atoms with van der Waals surface area (Å²) in [6.45, 7) is 0. The van der Waals surface area contributed by atoms with Crippen molar-refractivity contribution in [2.45, 2.75) is 0 Å². The number of carbonyl (C=O) groups excluding carboxylic acids is 1. The fourth-order valence-electron chi connectivity index (χ4n) is 2.65. The summed E-state index contributed by atoms with van der Waals surface area (Å²) in [5.41, 5.74) is 0.802. The summed E-state index contributed by atoms with van der Waals surface area (Å²) in [7, 11) is 0. The van der Waals surface area contributed by atoms with E-state index in [0.717, 1.165) is 0 Å². The Hall–Kier alpha value is -3.78. The summed E-state index contributed by atoms with van der Waals surface area (Å²) in [6, 6.07) is 12.6. The zero-order valence-electron chi connectivity index (χ0n) is 14.5. The van der Waals surface area contributed by atoms with Crippen LogP contribution in [0.5, 0.6) is 0 Å². The maximum atomic E-state index is 13.0. The van der Waals surface area contributed by atoms with Gasteiger partial charge in [-0.05, 0) is 42.5 Å². The van der Waals surface area contributed by atoms with E-state index in [1.807, 2.05) is 0 Å². The molecule has 1 aliphatic rings. The summed E-state index contributed by atoms with van der Waals surface area (Å²) in [4.78, 5) is 26.4. The Morgan fingerprint density at radius 3 is 2.55 bits per heavy atom. The van der Waals surface area contributed by atoms with Gasteiger partial charge in [0, 0.05) is 29.3 Å². The Morgan fingerprint density at radius 2 is 1.86 bits per heavy atom. The number of halogens is 2. The highest BCUT2D eigenvalue weighted by Gasteiger charge is 2.24. The number of hydrogen-bond donors (Lipinski definition) is 0.